The summed E-state index contributed by atoms with van der Waals surface area (Å²) >= 11 is 5.80. The Labute approximate surface area is 225 Å². The van der Waals surface area contributed by atoms with E-state index in [2.05, 4.69) is 20.1 Å². The number of carbonyl (C=O) groups excluding carboxylic acids is 2. The number of hydrogen-bond donors (Lipinski definition) is 2. The maximum atomic E-state index is 12.5. The summed E-state index contributed by atoms with van der Waals surface area (Å²) in [5.74, 6) is -0.198. The van der Waals surface area contributed by atoms with Crippen LogP contribution in [0.1, 0.15) is 11.5 Å². The number of para-hydroxylation sites is 2. The Morgan fingerprint density at radius 3 is 2.47 bits per heavy atom. The molecule has 2 aromatic carbocycles. The Balaban J connectivity index is 1.24. The first kappa shape index (κ1) is 27.2. The lowest BCUT2D eigenvalue weighted by Crippen LogP contribution is -2.52. The van der Waals surface area contributed by atoms with E-state index in [0.29, 0.717) is 37.0 Å². The van der Waals surface area contributed by atoms with E-state index in [0.717, 1.165) is 11.4 Å². The van der Waals surface area contributed by atoms with Crippen LogP contribution < -0.4 is 19.8 Å². The van der Waals surface area contributed by atoms with Crippen molar-refractivity contribution in [1.82, 2.24) is 15.0 Å². The highest BCUT2D eigenvalue weighted by atomic mass is 35.5. The Bertz CT molecular complexity index is 1420. The van der Waals surface area contributed by atoms with E-state index in [4.69, 9.17) is 20.8 Å². The predicted molar refractivity (Wildman–Crippen MR) is 142 cm³/mol. The van der Waals surface area contributed by atoms with Crippen LogP contribution >= 0.6 is 11.6 Å². The van der Waals surface area contributed by atoms with Gasteiger partial charge in [-0.3, -0.25) is 9.59 Å². The van der Waals surface area contributed by atoms with Gasteiger partial charge in [0.05, 0.1) is 30.5 Å². The zero-order valence-electron chi connectivity index (χ0n) is 20.5. The molecular weight excluding hydrogens is 534 g/mol. The Morgan fingerprint density at radius 1 is 1.05 bits per heavy atom. The summed E-state index contributed by atoms with van der Waals surface area (Å²) in [4.78, 5) is 28.5. The second-order valence-electron chi connectivity index (χ2n) is 8.23. The van der Waals surface area contributed by atoms with E-state index in [1.165, 1.54) is 35.4 Å². The number of sulfonamides is 1. The van der Waals surface area contributed by atoms with E-state index in [-0.39, 0.29) is 17.2 Å². The summed E-state index contributed by atoms with van der Waals surface area (Å²) in [5.41, 5.74) is 3.14. The van der Waals surface area contributed by atoms with Crippen molar-refractivity contribution in [3.63, 3.8) is 0 Å². The average molecular weight is 560 g/mol. The number of hydrazone groups is 1. The number of benzene rings is 2. The monoisotopic (exact) mass is 559 g/mol. The number of furan rings is 1. The SMILES string of the molecule is COc1ccccc1N1CCN(C(=O)C(=O)N/N=C/c2ccc(CNS(=O)(=O)c3ccc(Cl)cc3)o2)CC1. The maximum Gasteiger partial charge on any atom is 0.329 e. The van der Waals surface area contributed by atoms with Crippen molar-refractivity contribution in [2.45, 2.75) is 11.4 Å². The minimum Gasteiger partial charge on any atom is -0.495 e. The molecule has 13 heteroatoms. The standard InChI is InChI=1S/C25H26ClN5O6S/c1-36-23-5-3-2-4-22(23)30-12-14-31(15-13-30)25(33)24(32)29-27-16-19-8-9-20(37-19)17-28-38(34,35)21-10-6-18(26)7-11-21/h2-11,16,28H,12-15,17H2,1H3,(H,29,32)/b27-16+. The van der Waals surface area contributed by atoms with Crippen LogP contribution in [0.5, 0.6) is 5.75 Å². The highest BCUT2D eigenvalue weighted by molar-refractivity contribution is 7.89. The molecule has 11 nitrogen and oxygen atoms in total. The number of methoxy groups -OCH3 is 1. The third-order valence-corrected chi connectivity index (χ3v) is 7.46. The molecule has 0 bridgehead atoms. The van der Waals surface area contributed by atoms with Crippen LogP contribution in [0.3, 0.4) is 0 Å². The van der Waals surface area contributed by atoms with Gasteiger partial charge in [0.25, 0.3) is 0 Å². The smallest absolute Gasteiger partial charge is 0.329 e. The molecule has 38 heavy (non-hydrogen) atoms. The van der Waals surface area contributed by atoms with Crippen LogP contribution in [-0.4, -0.2) is 64.6 Å². The fraction of sp³-hybridized carbons (Fsp3) is 0.240. The minimum atomic E-state index is -3.75. The first-order chi connectivity index (χ1) is 18.3. The van der Waals surface area contributed by atoms with Crippen molar-refractivity contribution in [1.29, 1.82) is 0 Å². The van der Waals surface area contributed by atoms with Crippen LogP contribution in [0, 0.1) is 0 Å². The first-order valence-corrected chi connectivity index (χ1v) is 13.5. The topological polar surface area (TPSA) is 134 Å². The zero-order valence-corrected chi connectivity index (χ0v) is 22.0. The van der Waals surface area contributed by atoms with Crippen molar-refractivity contribution in [2.75, 3.05) is 38.2 Å². The molecule has 0 atom stereocenters. The number of anilines is 1. The summed E-state index contributed by atoms with van der Waals surface area (Å²) in [5, 5.41) is 4.21. The fourth-order valence-corrected chi connectivity index (χ4v) is 4.93. The van der Waals surface area contributed by atoms with Gasteiger partial charge in [0, 0.05) is 31.2 Å². The van der Waals surface area contributed by atoms with Gasteiger partial charge in [0.2, 0.25) is 10.0 Å². The number of amides is 2. The predicted octanol–water partition coefficient (Wildman–Crippen LogP) is 2.22. The number of halogens is 1. The van der Waals surface area contributed by atoms with Crippen LogP contribution in [0.2, 0.25) is 5.02 Å². The van der Waals surface area contributed by atoms with Crippen molar-refractivity contribution in [2.24, 2.45) is 5.10 Å². The molecule has 200 valence electrons. The Hall–Kier alpha value is -3.87. The van der Waals surface area contributed by atoms with Gasteiger partial charge in [-0.15, -0.1) is 0 Å². The Kier molecular flexibility index (Phi) is 8.66. The first-order valence-electron chi connectivity index (χ1n) is 11.6. The van der Waals surface area contributed by atoms with Gasteiger partial charge in [-0.1, -0.05) is 23.7 Å². The van der Waals surface area contributed by atoms with Gasteiger partial charge in [0.15, 0.2) is 0 Å². The van der Waals surface area contributed by atoms with Crippen LogP contribution in [0.15, 0.2) is 75.1 Å². The van der Waals surface area contributed by atoms with Crippen LogP contribution in [-0.2, 0) is 26.2 Å². The third kappa shape index (κ3) is 6.71. The molecule has 2 heterocycles. The number of nitrogens with one attached hydrogen (secondary N) is 2. The molecular formula is C25H26ClN5O6S. The van der Waals surface area contributed by atoms with E-state index in [1.807, 2.05) is 24.3 Å². The number of carbonyl (C=O) groups is 2. The molecule has 0 saturated carbocycles. The van der Waals surface area contributed by atoms with Gasteiger partial charge in [-0.2, -0.15) is 5.10 Å². The van der Waals surface area contributed by atoms with Crippen molar-refractivity contribution < 1.29 is 27.2 Å². The lowest BCUT2D eigenvalue weighted by atomic mass is 10.2. The molecule has 0 unspecified atom stereocenters. The molecule has 1 saturated heterocycles. The number of nitrogens with zero attached hydrogens (tertiary/aromatic N) is 3. The molecule has 3 aromatic rings. The second kappa shape index (κ2) is 12.1. The highest BCUT2D eigenvalue weighted by Gasteiger charge is 2.27. The molecule has 4 rings (SSSR count). The summed E-state index contributed by atoms with van der Waals surface area (Å²) in [7, 11) is -2.14. The summed E-state index contributed by atoms with van der Waals surface area (Å²) in [6.07, 6.45) is 1.22. The van der Waals surface area contributed by atoms with Crippen LogP contribution in [0.25, 0.3) is 0 Å². The minimum absolute atomic E-state index is 0.0730. The molecule has 2 amide bonds. The lowest BCUT2D eigenvalue weighted by molar-refractivity contribution is -0.146. The molecule has 0 radical (unpaired) electrons. The fourth-order valence-electron chi connectivity index (χ4n) is 3.81. The van der Waals surface area contributed by atoms with E-state index >= 15 is 0 Å². The molecule has 0 aliphatic carbocycles. The molecule has 1 fully saturated rings. The summed E-state index contributed by atoms with van der Waals surface area (Å²) in [6, 6.07) is 16.5. The van der Waals surface area contributed by atoms with Crippen molar-refractivity contribution in [3.05, 3.63) is 77.2 Å². The number of piperazine rings is 1. The molecule has 1 aromatic heterocycles. The largest absolute Gasteiger partial charge is 0.495 e. The van der Waals surface area contributed by atoms with Crippen molar-refractivity contribution >= 4 is 45.3 Å². The van der Waals surface area contributed by atoms with E-state index in [9.17, 15) is 18.0 Å². The molecule has 1 aliphatic heterocycles. The summed E-state index contributed by atoms with van der Waals surface area (Å²) in [6.45, 7) is 1.77. The zero-order chi connectivity index (χ0) is 27.1. The number of rotatable bonds is 8. The quantitative estimate of drug-likeness (QED) is 0.245. The van der Waals surface area contributed by atoms with Gasteiger partial charge >= 0.3 is 11.8 Å². The van der Waals surface area contributed by atoms with Gasteiger partial charge in [0.1, 0.15) is 17.3 Å². The highest BCUT2D eigenvalue weighted by Crippen LogP contribution is 2.28. The van der Waals surface area contributed by atoms with Gasteiger partial charge in [-0.05, 0) is 48.5 Å². The molecule has 0 spiro atoms. The number of ether oxygens (including phenoxy) is 1. The van der Waals surface area contributed by atoms with Crippen molar-refractivity contribution in [3.8, 4) is 5.75 Å². The molecule has 1 aliphatic rings. The van der Waals surface area contributed by atoms with E-state index in [1.54, 1.807) is 19.2 Å². The Morgan fingerprint density at radius 2 is 1.76 bits per heavy atom. The van der Waals surface area contributed by atoms with Gasteiger partial charge in [-0.25, -0.2) is 18.6 Å². The van der Waals surface area contributed by atoms with E-state index < -0.39 is 21.8 Å². The average Bonchev–Trinajstić information content (AvgIpc) is 3.39. The maximum absolute atomic E-state index is 12.5. The third-order valence-electron chi connectivity index (χ3n) is 5.79. The van der Waals surface area contributed by atoms with Crippen LogP contribution in [0.4, 0.5) is 5.69 Å². The second-order valence-corrected chi connectivity index (χ2v) is 10.4. The van der Waals surface area contributed by atoms with Gasteiger partial charge < -0.3 is 19.0 Å². The lowest BCUT2D eigenvalue weighted by Gasteiger charge is -2.36. The summed E-state index contributed by atoms with van der Waals surface area (Å²) < 4.78 is 38.1. The molecule has 2 N–H and O–H groups in total. The normalized spacial score (nSPS) is 14.1. The number of hydrogen-bond acceptors (Lipinski definition) is 8.